The van der Waals surface area contributed by atoms with Crippen LogP contribution in [0.3, 0.4) is 0 Å². The van der Waals surface area contributed by atoms with E-state index in [1.165, 1.54) is 0 Å². The lowest BCUT2D eigenvalue weighted by Gasteiger charge is -2.10. The number of hydrogen-bond donors (Lipinski definition) is 1. The number of benzene rings is 1. The highest BCUT2D eigenvalue weighted by molar-refractivity contribution is 5.92. The minimum atomic E-state index is -0.701. The Morgan fingerprint density at radius 1 is 1.62 bits per heavy atom. The van der Waals surface area contributed by atoms with E-state index in [-0.39, 0.29) is 0 Å². The largest absolute Gasteiger partial charge is 0.443 e. The van der Waals surface area contributed by atoms with Gasteiger partial charge in [-0.05, 0) is 31.0 Å². The van der Waals surface area contributed by atoms with E-state index in [2.05, 4.69) is 0 Å². The molecule has 0 heterocycles. The fraction of sp³-hybridized carbons (Fsp3) is 0.333. The molecule has 0 aliphatic carbocycles. The van der Waals surface area contributed by atoms with Crippen LogP contribution in [0, 0.1) is 18.3 Å². The number of carbonyl (C=O) groups is 1. The third-order valence-corrected chi connectivity index (χ3v) is 2.25. The monoisotopic (exact) mass is 218 g/mol. The lowest BCUT2D eigenvalue weighted by molar-refractivity contribution is 0.0400. The van der Waals surface area contributed by atoms with Crippen molar-refractivity contribution < 1.29 is 9.53 Å². The van der Waals surface area contributed by atoms with E-state index in [0.717, 1.165) is 5.56 Å². The zero-order valence-corrected chi connectivity index (χ0v) is 9.36. The van der Waals surface area contributed by atoms with E-state index >= 15 is 0 Å². The van der Waals surface area contributed by atoms with Crippen LogP contribution in [0.4, 0.5) is 5.69 Å². The standard InChI is InChI=1S/C12H14N2O2/c1-3-10(7-13)16-12(15)11-6-9(14)5-4-8(11)2/h4-6,10H,3,14H2,1-2H3. The zero-order valence-electron chi connectivity index (χ0n) is 9.36. The highest BCUT2D eigenvalue weighted by Crippen LogP contribution is 2.15. The van der Waals surface area contributed by atoms with Gasteiger partial charge in [-0.2, -0.15) is 5.26 Å². The Morgan fingerprint density at radius 3 is 2.88 bits per heavy atom. The molecule has 0 aromatic heterocycles. The molecular formula is C12H14N2O2. The van der Waals surface area contributed by atoms with Gasteiger partial charge in [-0.1, -0.05) is 13.0 Å². The first-order valence-corrected chi connectivity index (χ1v) is 5.05. The molecule has 0 fully saturated rings. The number of hydrogen-bond acceptors (Lipinski definition) is 4. The van der Waals surface area contributed by atoms with Gasteiger partial charge in [0.25, 0.3) is 0 Å². The van der Waals surface area contributed by atoms with Gasteiger partial charge in [0, 0.05) is 5.69 Å². The maximum Gasteiger partial charge on any atom is 0.339 e. The molecule has 0 bridgehead atoms. The highest BCUT2D eigenvalue weighted by atomic mass is 16.5. The van der Waals surface area contributed by atoms with Crippen LogP contribution in [0.5, 0.6) is 0 Å². The summed E-state index contributed by atoms with van der Waals surface area (Å²) in [5.74, 6) is -0.502. The first kappa shape index (κ1) is 12.1. The van der Waals surface area contributed by atoms with E-state index in [9.17, 15) is 4.79 Å². The number of rotatable bonds is 3. The maximum atomic E-state index is 11.7. The molecular weight excluding hydrogens is 204 g/mol. The molecule has 2 N–H and O–H groups in total. The smallest absolute Gasteiger partial charge is 0.339 e. The fourth-order valence-corrected chi connectivity index (χ4v) is 1.25. The molecule has 0 aliphatic rings. The number of nitriles is 1. The van der Waals surface area contributed by atoms with Crippen LogP contribution in [0.25, 0.3) is 0 Å². The van der Waals surface area contributed by atoms with Gasteiger partial charge in [0.05, 0.1) is 5.56 Å². The number of nitrogen functional groups attached to an aromatic ring is 1. The van der Waals surface area contributed by atoms with Crippen molar-refractivity contribution in [2.45, 2.75) is 26.4 Å². The van der Waals surface area contributed by atoms with Crippen LogP contribution in [0.1, 0.15) is 29.3 Å². The second-order valence-corrected chi connectivity index (χ2v) is 3.51. The molecule has 0 aliphatic heterocycles. The predicted molar refractivity (Wildman–Crippen MR) is 60.7 cm³/mol. The molecule has 0 saturated carbocycles. The molecule has 84 valence electrons. The topological polar surface area (TPSA) is 76.1 Å². The predicted octanol–water partition coefficient (Wildman–Crippen LogP) is 2.04. The first-order valence-electron chi connectivity index (χ1n) is 5.05. The molecule has 0 radical (unpaired) electrons. The van der Waals surface area contributed by atoms with Crippen LogP contribution < -0.4 is 5.73 Å². The molecule has 1 rings (SSSR count). The van der Waals surface area contributed by atoms with Crippen LogP contribution in [0.15, 0.2) is 18.2 Å². The number of aryl methyl sites for hydroxylation is 1. The lowest BCUT2D eigenvalue weighted by atomic mass is 10.1. The second-order valence-electron chi connectivity index (χ2n) is 3.51. The van der Waals surface area contributed by atoms with E-state index in [0.29, 0.717) is 17.7 Å². The maximum absolute atomic E-state index is 11.7. The molecule has 1 aromatic rings. The van der Waals surface area contributed by atoms with E-state index in [4.69, 9.17) is 15.7 Å². The molecule has 1 aromatic carbocycles. The van der Waals surface area contributed by atoms with Gasteiger partial charge >= 0.3 is 5.97 Å². The molecule has 4 heteroatoms. The van der Waals surface area contributed by atoms with Crippen molar-refractivity contribution in [3.63, 3.8) is 0 Å². The van der Waals surface area contributed by atoms with Crippen LogP contribution >= 0.6 is 0 Å². The number of nitrogens with zero attached hydrogens (tertiary/aromatic N) is 1. The fourth-order valence-electron chi connectivity index (χ4n) is 1.25. The Morgan fingerprint density at radius 2 is 2.31 bits per heavy atom. The van der Waals surface area contributed by atoms with Crippen LogP contribution in [0.2, 0.25) is 0 Å². The zero-order chi connectivity index (χ0) is 12.1. The Hall–Kier alpha value is -2.02. The Balaban J connectivity index is 2.89. The summed E-state index contributed by atoms with van der Waals surface area (Å²) in [6.07, 6.45) is -0.225. The molecule has 16 heavy (non-hydrogen) atoms. The number of anilines is 1. The number of carbonyl (C=O) groups excluding carboxylic acids is 1. The summed E-state index contributed by atoms with van der Waals surface area (Å²) in [6, 6.07) is 6.93. The van der Waals surface area contributed by atoms with E-state index < -0.39 is 12.1 Å². The van der Waals surface area contributed by atoms with Crippen molar-refractivity contribution in [2.24, 2.45) is 0 Å². The average Bonchev–Trinajstić information content (AvgIpc) is 2.28. The third kappa shape index (κ3) is 2.74. The van der Waals surface area contributed by atoms with Crippen molar-refractivity contribution in [3.8, 4) is 6.07 Å². The normalized spacial score (nSPS) is 11.6. The summed E-state index contributed by atoms with van der Waals surface area (Å²) >= 11 is 0. The summed E-state index contributed by atoms with van der Waals surface area (Å²) in [6.45, 7) is 3.58. The molecule has 0 spiro atoms. The summed E-state index contributed by atoms with van der Waals surface area (Å²) in [5, 5.41) is 8.69. The van der Waals surface area contributed by atoms with Gasteiger partial charge in [-0.25, -0.2) is 4.79 Å². The summed E-state index contributed by atoms with van der Waals surface area (Å²) < 4.78 is 5.02. The van der Waals surface area contributed by atoms with Crippen molar-refractivity contribution in [2.75, 3.05) is 5.73 Å². The summed E-state index contributed by atoms with van der Waals surface area (Å²) in [5.41, 5.74) is 7.29. The number of nitrogens with two attached hydrogens (primary N) is 1. The highest BCUT2D eigenvalue weighted by Gasteiger charge is 2.15. The van der Waals surface area contributed by atoms with Gasteiger partial charge in [0.2, 0.25) is 0 Å². The van der Waals surface area contributed by atoms with E-state index in [1.54, 1.807) is 32.0 Å². The van der Waals surface area contributed by atoms with Crippen LogP contribution in [-0.4, -0.2) is 12.1 Å². The minimum Gasteiger partial charge on any atom is -0.443 e. The van der Waals surface area contributed by atoms with Crippen molar-refractivity contribution in [1.29, 1.82) is 5.26 Å². The van der Waals surface area contributed by atoms with Crippen molar-refractivity contribution in [3.05, 3.63) is 29.3 Å². The lowest BCUT2D eigenvalue weighted by Crippen LogP contribution is -2.16. The van der Waals surface area contributed by atoms with Gasteiger partial charge in [0.1, 0.15) is 6.07 Å². The van der Waals surface area contributed by atoms with E-state index in [1.807, 2.05) is 6.07 Å². The van der Waals surface area contributed by atoms with Crippen molar-refractivity contribution in [1.82, 2.24) is 0 Å². The van der Waals surface area contributed by atoms with Gasteiger partial charge in [-0.3, -0.25) is 0 Å². The quantitative estimate of drug-likeness (QED) is 0.622. The Bertz CT molecular complexity index is 435. The number of esters is 1. The molecule has 0 amide bonds. The minimum absolute atomic E-state index is 0.411. The average molecular weight is 218 g/mol. The van der Waals surface area contributed by atoms with Crippen molar-refractivity contribution >= 4 is 11.7 Å². The molecule has 1 unspecified atom stereocenters. The third-order valence-electron chi connectivity index (χ3n) is 2.25. The Kier molecular flexibility index (Phi) is 3.90. The van der Waals surface area contributed by atoms with Gasteiger partial charge < -0.3 is 10.5 Å². The first-order chi connectivity index (χ1) is 7.58. The molecule has 4 nitrogen and oxygen atoms in total. The van der Waals surface area contributed by atoms with Gasteiger partial charge in [-0.15, -0.1) is 0 Å². The summed E-state index contributed by atoms with van der Waals surface area (Å²) in [4.78, 5) is 11.7. The van der Waals surface area contributed by atoms with Gasteiger partial charge in [0.15, 0.2) is 6.10 Å². The Labute approximate surface area is 94.6 Å². The molecule has 1 atom stereocenters. The molecule has 0 saturated heterocycles. The number of ether oxygens (including phenoxy) is 1. The SMILES string of the molecule is CCC(C#N)OC(=O)c1cc(N)ccc1C. The summed E-state index contributed by atoms with van der Waals surface area (Å²) in [7, 11) is 0. The van der Waals surface area contributed by atoms with Crippen LogP contribution in [-0.2, 0) is 4.74 Å². The second kappa shape index (κ2) is 5.17.